The van der Waals surface area contributed by atoms with Gasteiger partial charge in [0.15, 0.2) is 0 Å². The summed E-state index contributed by atoms with van der Waals surface area (Å²) in [7, 11) is 0. The maximum atomic E-state index is 13.9. The van der Waals surface area contributed by atoms with Crippen molar-refractivity contribution in [2.45, 2.75) is 34.7 Å². The number of aliphatic hydroxyl groups is 3. The molecule has 1 saturated heterocycles. The second-order valence-corrected chi connectivity index (χ2v) is 9.58. The summed E-state index contributed by atoms with van der Waals surface area (Å²) in [6, 6.07) is 2.93. The average molecular weight is 549 g/mol. The van der Waals surface area contributed by atoms with Crippen molar-refractivity contribution >= 4 is 39.3 Å². The lowest BCUT2D eigenvalue weighted by atomic mass is 9.97. The van der Waals surface area contributed by atoms with Crippen molar-refractivity contribution in [1.82, 2.24) is 14.8 Å². The highest BCUT2D eigenvalue weighted by Gasteiger charge is 2.46. The van der Waals surface area contributed by atoms with Crippen LogP contribution in [0.2, 0.25) is 5.02 Å². The Kier molecular flexibility index (Phi) is 7.15. The fourth-order valence-electron chi connectivity index (χ4n) is 3.44. The minimum absolute atomic E-state index is 0.191. The summed E-state index contributed by atoms with van der Waals surface area (Å²) in [5, 5.41) is 35.0. The normalized spacial score (nSPS) is 25.8. The number of hydrogen-bond donors (Lipinski definition) is 3. The van der Waals surface area contributed by atoms with E-state index in [1.807, 2.05) is 0 Å². The molecule has 1 aliphatic rings. The van der Waals surface area contributed by atoms with Crippen LogP contribution in [0.25, 0.3) is 11.1 Å². The molecule has 32 heavy (non-hydrogen) atoms. The number of halogens is 4. The lowest BCUT2D eigenvalue weighted by Crippen LogP contribution is -2.54. The first-order valence-corrected chi connectivity index (χ1v) is 11.4. The Morgan fingerprint density at radius 3 is 2.47 bits per heavy atom. The maximum absolute atomic E-state index is 13.9. The standard InChI is InChI=1S/C20H17BrClF2N3O4S/c21-11-3-12(6-25-5-11)32-20-19(30)17(18(29)15(8-28)31-20)27-7-10(4-26-27)9-1-13(23)16(22)14(24)2-9/h1-7,15,17-20,28-30H,8H2/t15-,17+,18+,19-,20-/m1/s1. The van der Waals surface area contributed by atoms with Gasteiger partial charge < -0.3 is 20.1 Å². The van der Waals surface area contributed by atoms with Gasteiger partial charge in [-0.25, -0.2) is 8.78 Å². The Hall–Kier alpha value is -1.60. The van der Waals surface area contributed by atoms with Crippen LogP contribution < -0.4 is 0 Å². The predicted octanol–water partition coefficient (Wildman–Crippen LogP) is 3.41. The lowest BCUT2D eigenvalue weighted by molar-refractivity contribution is -0.178. The van der Waals surface area contributed by atoms with Crippen molar-refractivity contribution in [3.8, 4) is 11.1 Å². The molecule has 0 amide bonds. The number of nitrogens with zero attached hydrogens (tertiary/aromatic N) is 3. The van der Waals surface area contributed by atoms with Crippen LogP contribution in [0.5, 0.6) is 0 Å². The monoisotopic (exact) mass is 547 g/mol. The molecule has 3 aromatic rings. The SMILES string of the molecule is OC[C@H]1O[C@H](Sc2cncc(Br)c2)[C@H](O)[C@@H](n2cc(-c3cc(F)c(Cl)c(F)c3)cn2)[C@H]1O. The number of hydrogen-bond acceptors (Lipinski definition) is 7. The van der Waals surface area contributed by atoms with Gasteiger partial charge >= 0.3 is 0 Å². The molecule has 0 saturated carbocycles. The summed E-state index contributed by atoms with van der Waals surface area (Å²) in [5.41, 5.74) is -0.308. The van der Waals surface area contributed by atoms with E-state index >= 15 is 0 Å². The van der Waals surface area contributed by atoms with Crippen molar-refractivity contribution < 1.29 is 28.8 Å². The van der Waals surface area contributed by atoms with Gasteiger partial charge in [0.2, 0.25) is 0 Å². The van der Waals surface area contributed by atoms with Crippen LogP contribution in [0.15, 0.2) is 52.4 Å². The van der Waals surface area contributed by atoms with E-state index in [-0.39, 0.29) is 5.56 Å². The molecule has 1 fully saturated rings. The fraction of sp³-hybridized carbons (Fsp3) is 0.300. The van der Waals surface area contributed by atoms with Crippen LogP contribution in [-0.4, -0.2) is 60.4 Å². The van der Waals surface area contributed by atoms with Gasteiger partial charge in [0.05, 0.1) is 12.8 Å². The molecule has 0 spiro atoms. The Morgan fingerprint density at radius 2 is 1.81 bits per heavy atom. The van der Waals surface area contributed by atoms with Crippen molar-refractivity contribution in [1.29, 1.82) is 0 Å². The molecule has 3 N–H and O–H groups in total. The Labute approximate surface area is 199 Å². The van der Waals surface area contributed by atoms with E-state index < -0.39 is 53.1 Å². The molecule has 4 rings (SSSR count). The van der Waals surface area contributed by atoms with E-state index in [0.29, 0.717) is 10.5 Å². The lowest BCUT2D eigenvalue weighted by Gasteiger charge is -2.42. The molecular weight excluding hydrogens is 532 g/mol. The summed E-state index contributed by atoms with van der Waals surface area (Å²) in [5.74, 6) is -1.83. The molecular formula is C20H17BrClF2N3O4S. The molecule has 0 radical (unpaired) electrons. The zero-order valence-corrected chi connectivity index (χ0v) is 19.3. The van der Waals surface area contributed by atoms with E-state index in [4.69, 9.17) is 16.3 Å². The fourth-order valence-corrected chi connectivity index (χ4v) is 5.15. The second kappa shape index (κ2) is 9.72. The summed E-state index contributed by atoms with van der Waals surface area (Å²) in [6.45, 7) is -0.486. The topological polar surface area (TPSA) is 101 Å². The minimum atomic E-state index is -1.29. The molecule has 0 aliphatic carbocycles. The van der Waals surface area contributed by atoms with Crippen molar-refractivity contribution in [3.63, 3.8) is 0 Å². The van der Waals surface area contributed by atoms with E-state index in [9.17, 15) is 24.1 Å². The molecule has 5 atom stereocenters. The van der Waals surface area contributed by atoms with Gasteiger partial charge in [0.1, 0.15) is 46.4 Å². The van der Waals surface area contributed by atoms with Gasteiger partial charge in [-0.3, -0.25) is 9.67 Å². The highest BCUT2D eigenvalue weighted by Crippen LogP contribution is 2.39. The third-order valence-corrected chi connectivity index (χ3v) is 6.92. The first-order chi connectivity index (χ1) is 15.3. The molecule has 1 aromatic carbocycles. The third-order valence-electron chi connectivity index (χ3n) is 5.00. The van der Waals surface area contributed by atoms with Crippen LogP contribution in [0.1, 0.15) is 6.04 Å². The van der Waals surface area contributed by atoms with Crippen LogP contribution >= 0.6 is 39.3 Å². The van der Waals surface area contributed by atoms with Gasteiger partial charge in [-0.1, -0.05) is 23.4 Å². The number of rotatable bonds is 5. The summed E-state index contributed by atoms with van der Waals surface area (Å²) in [4.78, 5) is 4.77. The summed E-state index contributed by atoms with van der Waals surface area (Å²) < 4.78 is 35.5. The number of thioether (sulfide) groups is 1. The van der Waals surface area contributed by atoms with Gasteiger partial charge in [-0.15, -0.1) is 0 Å². The molecule has 12 heteroatoms. The van der Waals surface area contributed by atoms with Gasteiger partial charge in [0, 0.05) is 33.5 Å². The number of aliphatic hydroxyl groups excluding tert-OH is 3. The van der Waals surface area contributed by atoms with Crippen molar-refractivity contribution in [2.24, 2.45) is 0 Å². The number of ether oxygens (including phenoxy) is 1. The smallest absolute Gasteiger partial charge is 0.145 e. The molecule has 7 nitrogen and oxygen atoms in total. The van der Waals surface area contributed by atoms with Crippen molar-refractivity contribution in [3.05, 3.63) is 64.1 Å². The van der Waals surface area contributed by atoms with E-state index in [0.717, 1.165) is 16.6 Å². The number of pyridine rings is 1. The predicted molar refractivity (Wildman–Crippen MR) is 117 cm³/mol. The van der Waals surface area contributed by atoms with Gasteiger partial charge in [-0.05, 0) is 39.7 Å². The van der Waals surface area contributed by atoms with Gasteiger partial charge in [-0.2, -0.15) is 5.10 Å². The number of benzene rings is 1. The molecule has 0 bridgehead atoms. The average Bonchev–Trinajstić information content (AvgIpc) is 3.23. The largest absolute Gasteiger partial charge is 0.394 e. The van der Waals surface area contributed by atoms with Crippen LogP contribution in [0.3, 0.4) is 0 Å². The molecule has 170 valence electrons. The highest BCUT2D eigenvalue weighted by atomic mass is 79.9. The highest BCUT2D eigenvalue weighted by molar-refractivity contribution is 9.10. The molecule has 2 aromatic heterocycles. The van der Waals surface area contributed by atoms with Crippen molar-refractivity contribution in [2.75, 3.05) is 6.61 Å². The summed E-state index contributed by atoms with van der Waals surface area (Å²) in [6.07, 6.45) is 2.49. The first-order valence-electron chi connectivity index (χ1n) is 9.37. The quantitative estimate of drug-likeness (QED) is 0.420. The maximum Gasteiger partial charge on any atom is 0.145 e. The Morgan fingerprint density at radius 1 is 1.09 bits per heavy atom. The van der Waals surface area contributed by atoms with Gasteiger partial charge in [0.25, 0.3) is 0 Å². The Balaban J connectivity index is 1.64. The first kappa shape index (κ1) is 23.6. The molecule has 1 aliphatic heterocycles. The zero-order chi connectivity index (χ0) is 23.0. The second-order valence-electron chi connectivity index (χ2n) is 7.12. The zero-order valence-electron chi connectivity index (χ0n) is 16.1. The minimum Gasteiger partial charge on any atom is -0.394 e. The van der Waals surface area contributed by atoms with E-state index in [1.165, 1.54) is 28.8 Å². The van der Waals surface area contributed by atoms with Crippen LogP contribution in [-0.2, 0) is 4.74 Å². The van der Waals surface area contributed by atoms with E-state index in [1.54, 1.807) is 18.5 Å². The van der Waals surface area contributed by atoms with E-state index in [2.05, 4.69) is 26.0 Å². The van der Waals surface area contributed by atoms with Crippen LogP contribution in [0.4, 0.5) is 8.78 Å². The Bertz CT molecular complexity index is 1100. The molecule has 3 heterocycles. The third kappa shape index (κ3) is 4.69. The summed E-state index contributed by atoms with van der Waals surface area (Å²) >= 11 is 10.0. The van der Waals surface area contributed by atoms with Crippen LogP contribution in [0, 0.1) is 11.6 Å². The molecule has 0 unspecified atom stereocenters. The number of aromatic nitrogens is 3.